The van der Waals surface area contributed by atoms with Crippen molar-refractivity contribution < 1.29 is 14.3 Å². The lowest BCUT2D eigenvalue weighted by Gasteiger charge is -2.13. The molecular formula is C62H80N2O3. The molecule has 3 atom stereocenters. The minimum absolute atomic E-state index is 0.0612. The Labute approximate surface area is 406 Å². The van der Waals surface area contributed by atoms with Crippen LogP contribution >= 0.6 is 0 Å². The van der Waals surface area contributed by atoms with Gasteiger partial charge in [-0.05, 0) is 146 Å². The predicted octanol–water partition coefficient (Wildman–Crippen LogP) is 14.3. The molecule has 0 bridgehead atoms. The van der Waals surface area contributed by atoms with Gasteiger partial charge in [-0.25, -0.2) is 0 Å². The maximum atomic E-state index is 12.9. The second kappa shape index (κ2) is 29.8. The Bertz CT molecular complexity index is 2170. The maximum absolute atomic E-state index is 12.9. The van der Waals surface area contributed by atoms with Gasteiger partial charge in [0.15, 0.2) is 0 Å². The van der Waals surface area contributed by atoms with E-state index in [9.17, 15) is 9.59 Å². The first kappa shape index (κ1) is 53.9. The van der Waals surface area contributed by atoms with Crippen LogP contribution in [0.4, 0.5) is 0 Å². The van der Waals surface area contributed by atoms with E-state index in [4.69, 9.17) is 4.74 Å². The van der Waals surface area contributed by atoms with Crippen molar-refractivity contribution in [1.82, 2.24) is 10.6 Å². The van der Waals surface area contributed by atoms with Crippen LogP contribution in [0.3, 0.4) is 0 Å². The zero-order valence-corrected chi connectivity index (χ0v) is 42.5. The summed E-state index contributed by atoms with van der Waals surface area (Å²) in [6.07, 6.45) is 14.2. The van der Waals surface area contributed by atoms with Crippen LogP contribution in [-0.4, -0.2) is 31.5 Å². The van der Waals surface area contributed by atoms with Gasteiger partial charge >= 0.3 is 0 Å². The lowest BCUT2D eigenvalue weighted by atomic mass is 9.97. The van der Waals surface area contributed by atoms with E-state index in [-0.39, 0.29) is 11.8 Å². The van der Waals surface area contributed by atoms with E-state index in [2.05, 4.69) is 108 Å². The first-order valence-corrected chi connectivity index (χ1v) is 25.4. The summed E-state index contributed by atoms with van der Waals surface area (Å²) in [4.78, 5) is 25.8. The molecule has 0 heterocycles. The summed E-state index contributed by atoms with van der Waals surface area (Å²) >= 11 is 0. The zero-order valence-electron chi connectivity index (χ0n) is 42.5. The van der Waals surface area contributed by atoms with E-state index < -0.39 is 0 Å². The fourth-order valence-corrected chi connectivity index (χ4v) is 7.82. The fourth-order valence-electron chi connectivity index (χ4n) is 7.82. The van der Waals surface area contributed by atoms with Crippen molar-refractivity contribution in [2.45, 2.75) is 139 Å². The van der Waals surface area contributed by atoms with Crippen molar-refractivity contribution in [3.05, 3.63) is 136 Å². The molecule has 0 saturated heterocycles. The summed E-state index contributed by atoms with van der Waals surface area (Å²) in [5, 5.41) is 6.18. The van der Waals surface area contributed by atoms with Gasteiger partial charge in [0.05, 0.1) is 6.61 Å². The lowest BCUT2D eigenvalue weighted by molar-refractivity contribution is 0.0943. The number of rotatable bonds is 24. The number of nitrogens with one attached hydrogen (secondary N) is 2. The van der Waals surface area contributed by atoms with Gasteiger partial charge in [-0.1, -0.05) is 156 Å². The van der Waals surface area contributed by atoms with E-state index in [0.717, 1.165) is 76.1 Å². The molecule has 0 aliphatic heterocycles. The van der Waals surface area contributed by atoms with E-state index >= 15 is 0 Å². The highest BCUT2D eigenvalue weighted by Gasteiger charge is 2.10. The van der Waals surface area contributed by atoms with Crippen LogP contribution in [0.2, 0.25) is 0 Å². The Morgan fingerprint density at radius 3 is 1.06 bits per heavy atom. The third-order valence-corrected chi connectivity index (χ3v) is 12.3. The van der Waals surface area contributed by atoms with Gasteiger partial charge in [-0.3, -0.25) is 9.59 Å². The minimum atomic E-state index is -0.0612. The number of carbonyl (C=O) groups excluding carboxylic acids is 2. The van der Waals surface area contributed by atoms with Crippen molar-refractivity contribution in [2.75, 3.05) is 19.7 Å². The quantitative estimate of drug-likeness (QED) is 0.0689. The number of amides is 2. The van der Waals surface area contributed by atoms with Gasteiger partial charge in [-0.2, -0.15) is 0 Å². The van der Waals surface area contributed by atoms with Crippen LogP contribution in [0.5, 0.6) is 5.75 Å². The average molecular weight is 901 g/mol. The zero-order chi connectivity index (χ0) is 48.4. The first-order valence-electron chi connectivity index (χ1n) is 25.4. The van der Waals surface area contributed by atoms with Crippen molar-refractivity contribution in [3.63, 3.8) is 0 Å². The molecule has 0 aliphatic carbocycles. The molecule has 0 radical (unpaired) electrons. The maximum Gasteiger partial charge on any atom is 0.251 e. The predicted molar refractivity (Wildman–Crippen MR) is 281 cm³/mol. The summed E-state index contributed by atoms with van der Waals surface area (Å²) in [5.74, 6) is 24.6. The highest BCUT2D eigenvalue weighted by atomic mass is 16.5. The van der Waals surface area contributed by atoms with Gasteiger partial charge in [0.1, 0.15) is 5.75 Å². The fraction of sp³-hybridized carbons (Fsp3) is 0.484. The Morgan fingerprint density at radius 2 is 0.716 bits per heavy atom. The Hall–Kier alpha value is -5.70. The third-order valence-electron chi connectivity index (χ3n) is 12.3. The van der Waals surface area contributed by atoms with Crippen LogP contribution in [0.1, 0.15) is 193 Å². The highest BCUT2D eigenvalue weighted by molar-refractivity contribution is 5.94. The number of hydrogen-bond acceptors (Lipinski definition) is 3. The van der Waals surface area contributed by atoms with Crippen molar-refractivity contribution in [3.8, 4) is 41.3 Å². The molecule has 0 aliphatic rings. The molecule has 4 aromatic rings. The molecule has 0 fully saturated rings. The van der Waals surface area contributed by atoms with Crippen molar-refractivity contribution in [2.24, 2.45) is 35.5 Å². The molecular weight excluding hydrogens is 821 g/mol. The van der Waals surface area contributed by atoms with Gasteiger partial charge < -0.3 is 15.4 Å². The standard InChI is InChI=1S/C62H80N2O3/c1-46(2)13-10-16-49(7)37-40-63-61(65)58-31-25-52(26-32-58)19-22-55-43-56(23-20-53-27-33-59(34-28-53)62(66)64-41-38-50(8)17-11-14-47(3)4)45-57(44-55)24-21-54-29-35-60(36-30-54)67-42-39-51(9)18-12-15-48(5)6/h25-36,43-51H,10-18,37-42H2,1-9H3,(H,63,65)(H,64,66)/t49-,50-,51-/m0/s1. The molecule has 0 aromatic heterocycles. The molecule has 2 amide bonds. The Balaban J connectivity index is 1.44. The Kier molecular flexibility index (Phi) is 24.0. The molecule has 5 heteroatoms. The van der Waals surface area contributed by atoms with Gasteiger partial charge in [0.25, 0.3) is 11.8 Å². The average Bonchev–Trinajstić information content (AvgIpc) is 3.30. The van der Waals surface area contributed by atoms with Gasteiger partial charge in [0, 0.05) is 57.6 Å². The molecule has 356 valence electrons. The summed E-state index contributed by atoms with van der Waals surface area (Å²) in [6.45, 7) is 22.5. The molecule has 67 heavy (non-hydrogen) atoms. The van der Waals surface area contributed by atoms with Crippen LogP contribution in [0, 0.1) is 71.0 Å². The minimum Gasteiger partial charge on any atom is -0.494 e. The normalized spacial score (nSPS) is 12.2. The summed E-state index contributed by atoms with van der Waals surface area (Å²) in [5.41, 5.74) is 6.11. The van der Waals surface area contributed by atoms with Crippen LogP contribution in [-0.2, 0) is 0 Å². The molecule has 4 aromatic carbocycles. The molecule has 0 saturated carbocycles. The lowest BCUT2D eigenvalue weighted by Crippen LogP contribution is -2.25. The van der Waals surface area contributed by atoms with Crippen LogP contribution in [0.15, 0.2) is 91.0 Å². The smallest absolute Gasteiger partial charge is 0.251 e. The topological polar surface area (TPSA) is 67.4 Å². The number of carbonyl (C=O) groups is 2. The van der Waals surface area contributed by atoms with Crippen LogP contribution < -0.4 is 15.4 Å². The second-order valence-corrected chi connectivity index (χ2v) is 20.2. The Morgan fingerprint density at radius 1 is 0.403 bits per heavy atom. The number of benzene rings is 4. The molecule has 4 rings (SSSR count). The highest BCUT2D eigenvalue weighted by Crippen LogP contribution is 2.19. The van der Waals surface area contributed by atoms with E-state index in [0.29, 0.717) is 48.6 Å². The number of ether oxygens (including phenoxy) is 1. The monoisotopic (exact) mass is 901 g/mol. The van der Waals surface area contributed by atoms with Crippen molar-refractivity contribution in [1.29, 1.82) is 0 Å². The largest absolute Gasteiger partial charge is 0.494 e. The number of hydrogen-bond donors (Lipinski definition) is 2. The molecule has 0 spiro atoms. The first-order chi connectivity index (χ1) is 32.2. The van der Waals surface area contributed by atoms with Crippen LogP contribution in [0.25, 0.3) is 0 Å². The third kappa shape index (κ3) is 22.6. The van der Waals surface area contributed by atoms with Gasteiger partial charge in [-0.15, -0.1) is 0 Å². The van der Waals surface area contributed by atoms with Crippen molar-refractivity contribution >= 4 is 11.8 Å². The van der Waals surface area contributed by atoms with Gasteiger partial charge in [0.2, 0.25) is 0 Å². The van der Waals surface area contributed by atoms with E-state index in [1.165, 1.54) is 57.8 Å². The SMILES string of the molecule is CC(C)CCC[C@H](C)CCNC(=O)c1ccc(C#Cc2cc(C#Cc3ccc(OCC[C@@H](C)CCCC(C)C)cc3)cc(C#Cc3ccc(C(=O)NCC[C@@H](C)CCCC(C)C)cc3)c2)cc1. The molecule has 5 nitrogen and oxygen atoms in total. The molecule has 0 unspecified atom stereocenters. The second-order valence-electron chi connectivity index (χ2n) is 20.2. The molecule has 2 N–H and O–H groups in total. The summed E-state index contributed by atoms with van der Waals surface area (Å²) in [6, 6.07) is 28.8. The van der Waals surface area contributed by atoms with E-state index in [1.54, 1.807) is 0 Å². The summed E-state index contributed by atoms with van der Waals surface area (Å²) < 4.78 is 6.08. The summed E-state index contributed by atoms with van der Waals surface area (Å²) in [7, 11) is 0. The van der Waals surface area contributed by atoms with E-state index in [1.807, 2.05) is 91.0 Å².